The third-order valence-corrected chi connectivity index (χ3v) is 18.0. The Hall–Kier alpha value is -1.82. The number of benzene rings is 2. The van der Waals surface area contributed by atoms with Gasteiger partial charge in [-0.25, -0.2) is 4.70 Å². The number of nitrogens with zero attached hydrogens (tertiary/aromatic N) is 2. The van der Waals surface area contributed by atoms with E-state index >= 15 is 0 Å². The number of aryl methyl sites for hydroxylation is 4. The summed E-state index contributed by atoms with van der Waals surface area (Å²) < 4.78 is 1.56. The van der Waals surface area contributed by atoms with Crippen LogP contribution in [0, 0.1) is 13.8 Å². The molecule has 0 N–H and O–H groups in total. The van der Waals surface area contributed by atoms with Crippen LogP contribution in [0.1, 0.15) is 422 Å². The Balaban J connectivity index is 0.00000143. The van der Waals surface area contributed by atoms with E-state index in [0.717, 1.165) is 56.3 Å². The summed E-state index contributed by atoms with van der Waals surface area (Å²) in [4.78, 5) is 0. The smallest absolute Gasteiger partial charge is 0.493 e. The fraction of sp³-hybridized carbons (Fsp3) is 0.780. The molecule has 1 aliphatic heterocycles. The van der Waals surface area contributed by atoms with E-state index in [0.29, 0.717) is 0 Å². The molecule has 3 rings (SSSR count). The monoisotopic (exact) mass is 1270 g/mol. The Labute approximate surface area is 548 Å². The fourth-order valence-electron chi connectivity index (χ4n) is 12.5. The molecule has 3 heteroatoms. The Morgan fingerprint density at radius 2 is 0.494 bits per heavy atom. The number of hydrogen-bond acceptors (Lipinski definition) is 0. The Morgan fingerprint density at radius 3 is 0.765 bits per heavy atom. The molecule has 0 saturated heterocycles. The molecule has 2 nitrogen and oxygen atoms in total. The molecule has 0 radical (unpaired) electrons. The van der Waals surface area contributed by atoms with Gasteiger partial charge in [0, 0.05) is 22.8 Å². The van der Waals surface area contributed by atoms with E-state index in [1.54, 1.807) is 4.70 Å². The van der Waals surface area contributed by atoms with Crippen LogP contribution in [0.3, 0.4) is 0 Å². The summed E-state index contributed by atoms with van der Waals surface area (Å²) in [6, 6.07) is 14.4. The van der Waals surface area contributed by atoms with Gasteiger partial charge < -0.3 is 19.4 Å². The van der Waals surface area contributed by atoms with Crippen molar-refractivity contribution in [3.05, 3.63) is 101 Å². The first kappa shape index (κ1) is 83.2. The number of hydrogen-bond donors (Lipinski definition) is 0. The van der Waals surface area contributed by atoms with Gasteiger partial charge in [-0.1, -0.05) is 350 Å². The van der Waals surface area contributed by atoms with Crippen molar-refractivity contribution in [2.24, 2.45) is 0 Å². The molecule has 85 heavy (non-hydrogen) atoms. The van der Waals surface area contributed by atoms with Gasteiger partial charge in [0.2, 0.25) is 11.4 Å². The van der Waals surface area contributed by atoms with Crippen LogP contribution in [0.5, 0.6) is 0 Å². The van der Waals surface area contributed by atoms with Crippen molar-refractivity contribution in [1.29, 1.82) is 0 Å². The molecule has 0 bridgehead atoms. The van der Waals surface area contributed by atoms with Crippen molar-refractivity contribution in [2.75, 3.05) is 0 Å². The molecule has 0 unspecified atom stereocenters. The minimum Gasteiger partial charge on any atom is -0.493 e. The van der Waals surface area contributed by atoms with Gasteiger partial charge in [0.15, 0.2) is 0 Å². The third-order valence-electron chi connectivity index (χ3n) is 18.0. The maximum Gasteiger partial charge on any atom is 2.00 e. The van der Waals surface area contributed by atoms with Gasteiger partial charge in [-0.3, -0.25) is 0 Å². The Morgan fingerprint density at radius 1 is 0.271 bits per heavy atom. The molecule has 2 aromatic rings. The van der Waals surface area contributed by atoms with Crippen molar-refractivity contribution >= 4 is 11.4 Å². The SMILES string of the molecule is CCCCCCC1=C(c2cc(CCCC)cc(CCCCCC)c2)[N+](=[N-])C(c2cc(CCCC)cc(CCCCCC)c2)=C1.[CH2-]CCCCCCCCCCCCCCCCCCC.[CH2-]CCCCCCCCCCCCCCCCCCC.[Pd+2]. The molecule has 0 aliphatic carbocycles. The van der Waals surface area contributed by atoms with Gasteiger partial charge in [-0.15, -0.1) is 0 Å². The molecule has 0 spiro atoms. The largest absolute Gasteiger partial charge is 2.00 e. The van der Waals surface area contributed by atoms with E-state index in [2.05, 4.69) is 105 Å². The molecule has 0 aromatic heterocycles. The molecule has 1 aliphatic rings. The maximum atomic E-state index is 12.0. The summed E-state index contributed by atoms with van der Waals surface area (Å²) in [6.07, 6.45) is 79.4. The first-order chi connectivity index (χ1) is 41.4. The van der Waals surface area contributed by atoms with E-state index in [1.165, 1.54) is 360 Å². The Bertz CT molecular complexity index is 1750. The van der Waals surface area contributed by atoms with Crippen LogP contribution in [0.2, 0.25) is 0 Å². The number of unbranched alkanes of at least 4 members (excludes halogenated alkanes) is 45. The molecule has 0 atom stereocenters. The van der Waals surface area contributed by atoms with Crippen LogP contribution in [-0.2, 0) is 46.1 Å². The van der Waals surface area contributed by atoms with Crippen LogP contribution < -0.4 is 0 Å². The maximum absolute atomic E-state index is 12.0. The van der Waals surface area contributed by atoms with Crippen molar-refractivity contribution in [2.45, 2.75) is 414 Å². The van der Waals surface area contributed by atoms with Gasteiger partial charge in [-0.2, -0.15) is 12.8 Å². The summed E-state index contributed by atoms with van der Waals surface area (Å²) >= 11 is 0. The number of rotatable bonds is 57. The summed E-state index contributed by atoms with van der Waals surface area (Å²) in [5.74, 6) is 0. The van der Waals surface area contributed by atoms with Crippen LogP contribution in [0.4, 0.5) is 0 Å². The van der Waals surface area contributed by atoms with E-state index < -0.39 is 0 Å². The van der Waals surface area contributed by atoms with Crippen LogP contribution in [0.15, 0.2) is 48.0 Å². The topological polar surface area (TPSA) is 25.3 Å². The predicted octanol–water partition coefficient (Wildman–Crippen LogP) is 29.1. The van der Waals surface area contributed by atoms with E-state index in [1.807, 2.05) is 0 Å². The zero-order valence-electron chi connectivity index (χ0n) is 58.5. The Kier molecular flexibility index (Phi) is 62.4. The molecule has 494 valence electrons. The average Bonchev–Trinajstić information content (AvgIpc) is 2.65. The predicted molar refractivity (Wildman–Crippen MR) is 381 cm³/mol. The van der Waals surface area contributed by atoms with Crippen LogP contribution in [0.25, 0.3) is 16.9 Å². The molecule has 0 amide bonds. The molecule has 0 saturated carbocycles. The second kappa shape index (κ2) is 63.7. The fourth-order valence-corrected chi connectivity index (χ4v) is 12.5. The molecule has 1 heterocycles. The van der Waals surface area contributed by atoms with Gasteiger partial charge in [0.25, 0.3) is 0 Å². The summed E-state index contributed by atoms with van der Waals surface area (Å²) in [7, 11) is 0. The quantitative estimate of drug-likeness (QED) is 0.0273. The van der Waals surface area contributed by atoms with Gasteiger partial charge in [-0.05, 0) is 111 Å². The third kappa shape index (κ3) is 46.9. The summed E-state index contributed by atoms with van der Waals surface area (Å²) in [6.45, 7) is 23.8. The summed E-state index contributed by atoms with van der Waals surface area (Å²) in [5.41, 5.74) is 23.4. The van der Waals surface area contributed by atoms with E-state index in [-0.39, 0.29) is 20.4 Å². The van der Waals surface area contributed by atoms with Gasteiger partial charge >= 0.3 is 20.4 Å². The normalized spacial score (nSPS) is 12.1. The van der Waals surface area contributed by atoms with E-state index in [9.17, 15) is 5.53 Å². The molecule has 2 aromatic carbocycles. The van der Waals surface area contributed by atoms with Gasteiger partial charge in [0.1, 0.15) is 0 Å². The second-order valence-electron chi connectivity index (χ2n) is 26.5. The molecule has 0 fully saturated rings. The minimum atomic E-state index is 0. The standard InChI is InChI=1S/C42H64N2.2C20H41.Pd/c1-6-11-16-19-24-36-27-34(22-14-9-4)29-39(30-36)41-33-38(26-21-18-13-8-3)42(44(41)43)40-31-35(23-15-10-5)28-37(32-40)25-20-17-12-7-2;2*1-3-5-7-9-11-13-15-17-19-20-18-16-14-12-10-8-6-4-2;/h27-33H,6-26H2,1-5H3;2*1,3-20H2,2H3;/q;2*-1;+2. The first-order valence-electron chi connectivity index (χ1n) is 38.2. The number of allylic oxidation sites excluding steroid dienone is 2. The first-order valence-corrected chi connectivity index (χ1v) is 38.2. The molecular formula is C82H146N2Pd. The van der Waals surface area contributed by atoms with Crippen molar-refractivity contribution < 1.29 is 25.1 Å². The van der Waals surface area contributed by atoms with Crippen molar-refractivity contribution in [3.63, 3.8) is 0 Å². The van der Waals surface area contributed by atoms with Gasteiger partial charge in [0.05, 0.1) is 0 Å². The zero-order valence-corrected chi connectivity index (χ0v) is 60.0. The second-order valence-corrected chi connectivity index (χ2v) is 26.5. The minimum absolute atomic E-state index is 0. The van der Waals surface area contributed by atoms with Crippen LogP contribution >= 0.6 is 0 Å². The zero-order chi connectivity index (χ0) is 61.0. The average molecular weight is 1270 g/mol. The van der Waals surface area contributed by atoms with Crippen molar-refractivity contribution in [1.82, 2.24) is 0 Å². The summed E-state index contributed by atoms with van der Waals surface area (Å²) in [5, 5.41) is 0. The van der Waals surface area contributed by atoms with Crippen LogP contribution in [-0.4, -0.2) is 4.70 Å². The van der Waals surface area contributed by atoms with E-state index in [4.69, 9.17) is 0 Å². The molecular weight excluding hydrogens is 1120 g/mol. The van der Waals surface area contributed by atoms with Crippen molar-refractivity contribution in [3.8, 4) is 0 Å².